The number of ether oxygens (including phenoxy) is 4. The summed E-state index contributed by atoms with van der Waals surface area (Å²) in [6.45, 7) is 19.8. The van der Waals surface area contributed by atoms with Crippen LogP contribution in [-0.2, 0) is 14.2 Å². The summed E-state index contributed by atoms with van der Waals surface area (Å²) in [5, 5.41) is 20.1. The van der Waals surface area contributed by atoms with E-state index in [9.17, 15) is 19.8 Å². The van der Waals surface area contributed by atoms with Gasteiger partial charge >= 0.3 is 12.1 Å². The first kappa shape index (κ1) is 35.3. The van der Waals surface area contributed by atoms with Gasteiger partial charge in [-0.25, -0.2) is 9.59 Å². The summed E-state index contributed by atoms with van der Waals surface area (Å²) in [5.41, 5.74) is 0.680. The number of hydrogen-bond donors (Lipinski definition) is 2. The summed E-state index contributed by atoms with van der Waals surface area (Å²) in [4.78, 5) is 27.6. The van der Waals surface area contributed by atoms with Crippen LogP contribution >= 0.6 is 0 Å². The number of benzene rings is 1. The van der Waals surface area contributed by atoms with Crippen molar-refractivity contribution in [3.63, 3.8) is 0 Å². The van der Waals surface area contributed by atoms with Gasteiger partial charge in [0.2, 0.25) is 5.79 Å². The number of aliphatic hydroxyl groups excluding tert-OH is 1. The molecule has 1 amide bonds. The third kappa shape index (κ3) is 10.7. The van der Waals surface area contributed by atoms with Crippen LogP contribution in [0.4, 0.5) is 10.5 Å². The fourth-order valence-corrected chi connectivity index (χ4v) is 4.42. The van der Waals surface area contributed by atoms with Crippen LogP contribution in [0.1, 0.15) is 105 Å². The van der Waals surface area contributed by atoms with Crippen LogP contribution in [0.2, 0.25) is 0 Å². The number of nitrogens with zero attached hydrogens (tertiary/aromatic N) is 1. The average Bonchev–Trinajstić information content (AvgIpc) is 2.80. The minimum absolute atomic E-state index is 0.00300. The van der Waals surface area contributed by atoms with E-state index in [0.29, 0.717) is 36.4 Å². The molecule has 2 N–H and O–H groups in total. The number of carbonyl (C=O) groups excluding carboxylic acids is 2. The summed E-state index contributed by atoms with van der Waals surface area (Å²) < 4.78 is 23.1. The van der Waals surface area contributed by atoms with E-state index >= 15 is 0 Å². The molecule has 9 nitrogen and oxygen atoms in total. The van der Waals surface area contributed by atoms with Crippen LogP contribution in [0.3, 0.4) is 0 Å². The van der Waals surface area contributed by atoms with Crippen molar-refractivity contribution in [2.45, 2.75) is 118 Å². The van der Waals surface area contributed by atoms with E-state index in [1.165, 1.54) is 4.90 Å². The highest BCUT2D eigenvalue weighted by molar-refractivity contribution is 6.00. The SMILES string of the molecule is CCN(C(=O)OC(C)(C)C)c1cc(/C=C/C[C@H](C)[C@@H](C/C=C\[C@@H](C)[C@H](C)O)OC(C)(C)O)c2c(c1)OC(C)(C)OC2=O. The zero-order valence-corrected chi connectivity index (χ0v) is 27.2. The number of cyclic esters (lactones) is 1. The number of fused-ring (bicyclic) bond motifs is 1. The van der Waals surface area contributed by atoms with Crippen LogP contribution in [0, 0.1) is 11.8 Å². The van der Waals surface area contributed by atoms with E-state index in [2.05, 4.69) is 0 Å². The quantitative estimate of drug-likeness (QED) is 0.155. The van der Waals surface area contributed by atoms with E-state index in [4.69, 9.17) is 18.9 Å². The number of esters is 1. The molecule has 0 unspecified atom stereocenters. The van der Waals surface area contributed by atoms with Gasteiger partial charge in [-0.1, -0.05) is 38.2 Å². The van der Waals surface area contributed by atoms with Gasteiger partial charge in [0.15, 0.2) is 5.79 Å². The molecule has 236 valence electrons. The second-order valence-electron chi connectivity index (χ2n) is 13.0. The Morgan fingerprint density at radius 2 is 1.71 bits per heavy atom. The Balaban J connectivity index is 2.41. The van der Waals surface area contributed by atoms with Crippen LogP contribution < -0.4 is 9.64 Å². The molecule has 1 aliphatic heterocycles. The van der Waals surface area contributed by atoms with Crippen molar-refractivity contribution >= 4 is 23.8 Å². The fraction of sp³-hybridized carbons (Fsp3) is 0.636. The van der Waals surface area contributed by atoms with E-state index in [1.54, 1.807) is 67.5 Å². The molecule has 0 saturated heterocycles. The van der Waals surface area contributed by atoms with Crippen LogP contribution in [0.25, 0.3) is 6.08 Å². The lowest BCUT2D eigenvalue weighted by molar-refractivity contribution is -0.214. The number of rotatable bonds is 12. The first-order chi connectivity index (χ1) is 19.2. The number of amides is 1. The maximum Gasteiger partial charge on any atom is 0.414 e. The largest absolute Gasteiger partial charge is 0.452 e. The highest BCUT2D eigenvalue weighted by atomic mass is 16.7. The van der Waals surface area contributed by atoms with Gasteiger partial charge in [-0.15, -0.1) is 0 Å². The van der Waals surface area contributed by atoms with Gasteiger partial charge in [-0.3, -0.25) is 4.90 Å². The highest BCUT2D eigenvalue weighted by Gasteiger charge is 2.36. The van der Waals surface area contributed by atoms with Crippen molar-refractivity contribution in [3.05, 3.63) is 41.5 Å². The topological polar surface area (TPSA) is 115 Å². The molecule has 1 aromatic carbocycles. The molecule has 42 heavy (non-hydrogen) atoms. The minimum Gasteiger partial charge on any atom is -0.452 e. The van der Waals surface area contributed by atoms with Gasteiger partial charge in [0.25, 0.3) is 0 Å². The molecule has 2 rings (SSSR count). The molecule has 0 spiro atoms. The minimum atomic E-state index is -1.32. The summed E-state index contributed by atoms with van der Waals surface area (Å²) in [6.07, 6.45) is 7.53. The van der Waals surface area contributed by atoms with Crippen LogP contribution in [0.5, 0.6) is 5.75 Å². The Labute approximate surface area is 251 Å². The lowest BCUT2D eigenvalue weighted by atomic mass is 9.95. The van der Waals surface area contributed by atoms with E-state index < -0.39 is 35.3 Å². The number of anilines is 1. The molecule has 9 heteroatoms. The Morgan fingerprint density at radius 3 is 2.26 bits per heavy atom. The van der Waals surface area contributed by atoms with Gasteiger partial charge < -0.3 is 29.2 Å². The molecule has 1 aromatic rings. The molecule has 0 radical (unpaired) electrons. The monoisotopic (exact) mass is 589 g/mol. The van der Waals surface area contributed by atoms with Crippen molar-refractivity contribution in [2.75, 3.05) is 11.4 Å². The predicted octanol–water partition coefficient (Wildman–Crippen LogP) is 6.85. The van der Waals surface area contributed by atoms with Gasteiger partial charge in [0.1, 0.15) is 16.9 Å². The number of allylic oxidation sites excluding steroid dienone is 1. The van der Waals surface area contributed by atoms with Crippen molar-refractivity contribution < 1.29 is 38.7 Å². The predicted molar refractivity (Wildman–Crippen MR) is 164 cm³/mol. The van der Waals surface area contributed by atoms with E-state index in [1.807, 2.05) is 45.1 Å². The highest BCUT2D eigenvalue weighted by Crippen LogP contribution is 2.38. The van der Waals surface area contributed by atoms with Crippen molar-refractivity contribution in [3.8, 4) is 5.75 Å². The summed E-state index contributed by atoms with van der Waals surface area (Å²) >= 11 is 0. The molecule has 0 bridgehead atoms. The second kappa shape index (κ2) is 14.1. The standard InChI is InChI=1S/C33H51NO8/c1-12-34(30(37)42-31(5,6)7)25-19-24(28-27(20-25)40-33(10,11)41-29(28)36)17-13-16-22(3)26(39-32(8,9)38)18-14-15-21(2)23(4)35/h13-15,17,19-23,26,35,38H,12,16,18H2,1-11H3/b15-14-,17-13+/t21-,22+,23+,26-/m1/s1. The number of hydrogen-bond acceptors (Lipinski definition) is 8. The molecule has 0 aromatic heterocycles. The Morgan fingerprint density at radius 1 is 1.07 bits per heavy atom. The van der Waals surface area contributed by atoms with Crippen LogP contribution in [-0.4, -0.2) is 58.2 Å². The van der Waals surface area contributed by atoms with Crippen molar-refractivity contribution in [1.29, 1.82) is 0 Å². The molecule has 0 fully saturated rings. The first-order valence-corrected chi connectivity index (χ1v) is 14.8. The first-order valence-electron chi connectivity index (χ1n) is 14.8. The molecule has 1 heterocycles. The molecular weight excluding hydrogens is 538 g/mol. The molecule has 0 aliphatic carbocycles. The summed E-state index contributed by atoms with van der Waals surface area (Å²) in [7, 11) is 0. The summed E-state index contributed by atoms with van der Waals surface area (Å²) in [5.74, 6) is -2.68. The molecule has 1 aliphatic rings. The Bertz CT molecular complexity index is 1140. The van der Waals surface area contributed by atoms with Crippen molar-refractivity contribution in [1.82, 2.24) is 0 Å². The number of carbonyl (C=O) groups is 2. The maximum absolute atomic E-state index is 13.1. The molecule has 4 atom stereocenters. The van der Waals surface area contributed by atoms with Crippen LogP contribution in [0.15, 0.2) is 30.4 Å². The van der Waals surface area contributed by atoms with Gasteiger partial charge in [0.05, 0.1) is 17.9 Å². The molecular formula is C33H51NO8. The average molecular weight is 590 g/mol. The second-order valence-corrected chi connectivity index (χ2v) is 13.0. The Kier molecular flexibility index (Phi) is 11.8. The lowest BCUT2D eigenvalue weighted by Gasteiger charge is -2.33. The zero-order valence-electron chi connectivity index (χ0n) is 27.2. The van der Waals surface area contributed by atoms with Gasteiger partial charge in [-0.05, 0) is 84.8 Å². The summed E-state index contributed by atoms with van der Waals surface area (Å²) in [6, 6.07) is 3.42. The number of aliphatic hydroxyl groups is 2. The zero-order chi connectivity index (χ0) is 32.0. The maximum atomic E-state index is 13.1. The van der Waals surface area contributed by atoms with Gasteiger partial charge in [-0.2, -0.15) is 0 Å². The third-order valence-electron chi connectivity index (χ3n) is 6.71. The van der Waals surface area contributed by atoms with E-state index in [0.717, 1.165) is 0 Å². The van der Waals surface area contributed by atoms with Crippen molar-refractivity contribution in [2.24, 2.45) is 11.8 Å². The normalized spacial score (nSPS) is 18.2. The lowest BCUT2D eigenvalue weighted by Crippen LogP contribution is -2.40. The third-order valence-corrected chi connectivity index (χ3v) is 6.71. The van der Waals surface area contributed by atoms with E-state index in [-0.39, 0.29) is 23.5 Å². The fourth-order valence-electron chi connectivity index (χ4n) is 4.42. The smallest absolute Gasteiger partial charge is 0.414 e. The van der Waals surface area contributed by atoms with Gasteiger partial charge in [0, 0.05) is 26.5 Å². The molecule has 0 saturated carbocycles. The Hall–Kier alpha value is -2.88.